The molecule has 0 aliphatic carbocycles. The van der Waals surface area contributed by atoms with Gasteiger partial charge in [0.1, 0.15) is 11.6 Å². The molecule has 0 aliphatic rings. The molecule has 0 saturated carbocycles. The third-order valence-electron chi connectivity index (χ3n) is 1.81. The van der Waals surface area contributed by atoms with Gasteiger partial charge in [-0.25, -0.2) is 0 Å². The molecule has 2 aromatic rings. The molecule has 0 unspecified atom stereocenters. The summed E-state index contributed by atoms with van der Waals surface area (Å²) in [5, 5.41) is 4.65. The lowest BCUT2D eigenvalue weighted by molar-refractivity contribution is 0.0374. The van der Waals surface area contributed by atoms with Crippen molar-refractivity contribution in [1.29, 1.82) is 0 Å². The zero-order valence-corrected chi connectivity index (χ0v) is 9.91. The first kappa shape index (κ1) is 10.2. The van der Waals surface area contributed by atoms with Gasteiger partial charge in [0.25, 0.3) is 5.56 Å². The Labute approximate surface area is 94.1 Å². The number of rotatable bonds is 2. The van der Waals surface area contributed by atoms with Gasteiger partial charge in [-0.05, 0) is 29.8 Å². The highest BCUT2D eigenvalue weighted by Crippen LogP contribution is 2.17. The van der Waals surface area contributed by atoms with E-state index in [1.54, 1.807) is 12.4 Å². The third-order valence-corrected chi connectivity index (χ3v) is 2.42. The van der Waals surface area contributed by atoms with Crippen LogP contribution in [-0.2, 0) is 0 Å². The Morgan fingerprint density at radius 2 is 2.33 bits per heavy atom. The van der Waals surface area contributed by atoms with Crippen LogP contribution < -0.4 is 10.4 Å². The van der Waals surface area contributed by atoms with E-state index in [0.717, 1.165) is 4.47 Å². The smallest absolute Gasteiger partial charge is 0.259 e. The number of hydrogen-bond donors (Lipinski definition) is 1. The first-order valence-corrected chi connectivity index (χ1v) is 5.31. The minimum atomic E-state index is -0.174. The Hall–Kier alpha value is -1.30. The maximum Gasteiger partial charge on any atom is 0.259 e. The Kier molecular flexibility index (Phi) is 2.52. The Morgan fingerprint density at radius 1 is 1.60 bits per heavy atom. The Morgan fingerprint density at radius 3 is 2.93 bits per heavy atom. The molecule has 0 bridgehead atoms. The van der Waals surface area contributed by atoms with E-state index >= 15 is 0 Å². The molecule has 0 radical (unpaired) electrons. The van der Waals surface area contributed by atoms with Crippen molar-refractivity contribution < 1.29 is 4.84 Å². The molecule has 5 nitrogen and oxygen atoms in total. The van der Waals surface area contributed by atoms with Gasteiger partial charge in [0.05, 0.1) is 16.1 Å². The Balaban J connectivity index is 2.60. The summed E-state index contributed by atoms with van der Waals surface area (Å²) < 4.78 is 0.739. The number of hydrogen-bond acceptors (Lipinski definition) is 3. The molecule has 2 rings (SSSR count). The fraction of sp³-hybridized carbons (Fsp3) is 0.333. The number of fused-ring (bicyclic) bond motifs is 1. The lowest BCUT2D eigenvalue weighted by atomic mass is 10.3. The quantitative estimate of drug-likeness (QED) is 0.897. The summed E-state index contributed by atoms with van der Waals surface area (Å²) in [6.45, 7) is 3.79. The second-order valence-electron chi connectivity index (χ2n) is 3.41. The molecule has 0 spiro atoms. The van der Waals surface area contributed by atoms with E-state index in [9.17, 15) is 4.79 Å². The molecule has 0 aromatic carbocycles. The van der Waals surface area contributed by atoms with Crippen molar-refractivity contribution >= 4 is 26.8 Å². The van der Waals surface area contributed by atoms with Crippen molar-refractivity contribution in [2.45, 2.75) is 20.0 Å². The molecule has 0 saturated heterocycles. The summed E-state index contributed by atoms with van der Waals surface area (Å²) >= 11 is 3.31. The van der Waals surface area contributed by atoms with E-state index < -0.39 is 0 Å². The van der Waals surface area contributed by atoms with Gasteiger partial charge in [0.2, 0.25) is 0 Å². The van der Waals surface area contributed by atoms with Crippen LogP contribution in [0.25, 0.3) is 10.9 Å². The fourth-order valence-corrected chi connectivity index (χ4v) is 1.65. The van der Waals surface area contributed by atoms with Crippen molar-refractivity contribution in [2.75, 3.05) is 0 Å². The normalized spacial score (nSPS) is 11.2. The molecule has 6 heteroatoms. The lowest BCUT2D eigenvalue weighted by Gasteiger charge is -2.06. The largest absolute Gasteiger partial charge is 0.394 e. The predicted octanol–water partition coefficient (Wildman–Crippen LogP) is 1.32. The zero-order valence-electron chi connectivity index (χ0n) is 8.32. The average Bonchev–Trinajstić information content (AvgIpc) is 2.55. The summed E-state index contributed by atoms with van der Waals surface area (Å²) in [5.74, 6) is 0. The molecule has 0 amide bonds. The molecular weight excluding hydrogens is 262 g/mol. The molecule has 0 aliphatic heterocycles. The van der Waals surface area contributed by atoms with Crippen molar-refractivity contribution in [3.05, 3.63) is 27.2 Å². The number of aromatic amines is 1. The highest BCUT2D eigenvalue weighted by molar-refractivity contribution is 9.10. The van der Waals surface area contributed by atoms with Crippen LogP contribution in [0.1, 0.15) is 13.8 Å². The van der Waals surface area contributed by atoms with Crippen LogP contribution in [0.2, 0.25) is 0 Å². The number of aromatic nitrogens is 3. The first-order chi connectivity index (χ1) is 7.08. The van der Waals surface area contributed by atoms with Crippen LogP contribution in [0, 0.1) is 0 Å². The van der Waals surface area contributed by atoms with E-state index in [1.807, 2.05) is 13.8 Å². The molecule has 2 heterocycles. The van der Waals surface area contributed by atoms with Crippen LogP contribution in [0.15, 0.2) is 21.7 Å². The summed E-state index contributed by atoms with van der Waals surface area (Å²) in [7, 11) is 0. The predicted molar refractivity (Wildman–Crippen MR) is 59.8 cm³/mol. The van der Waals surface area contributed by atoms with Gasteiger partial charge in [-0.1, -0.05) is 0 Å². The number of halogens is 1. The molecular formula is C9H10BrN3O2. The van der Waals surface area contributed by atoms with Gasteiger partial charge >= 0.3 is 0 Å². The maximum atomic E-state index is 11.4. The van der Waals surface area contributed by atoms with Gasteiger partial charge in [-0.15, -0.1) is 9.94 Å². The highest BCUT2D eigenvalue weighted by atomic mass is 79.9. The standard InChI is InChI=1S/C9H10BrN3O2/c1-5(2)15-13-4-6-8(12-13)7(10)3-11-9(6)14/h3-5H,1-2H3,(H,11,14). The molecule has 15 heavy (non-hydrogen) atoms. The molecule has 2 aromatic heterocycles. The van der Waals surface area contributed by atoms with Gasteiger partial charge < -0.3 is 9.82 Å². The van der Waals surface area contributed by atoms with Crippen molar-refractivity contribution in [3.8, 4) is 0 Å². The second kappa shape index (κ2) is 3.69. The monoisotopic (exact) mass is 271 g/mol. The van der Waals surface area contributed by atoms with Crippen LogP contribution in [0.3, 0.4) is 0 Å². The summed E-state index contributed by atoms with van der Waals surface area (Å²) in [5.41, 5.74) is 0.422. The SMILES string of the molecule is CC(C)On1cc2c(=O)[nH]cc(Br)c2n1. The van der Waals surface area contributed by atoms with Gasteiger partial charge in [-0.2, -0.15) is 0 Å². The van der Waals surface area contributed by atoms with Crippen LogP contribution in [-0.4, -0.2) is 21.0 Å². The molecule has 0 atom stereocenters. The Bertz CT molecular complexity index is 544. The first-order valence-electron chi connectivity index (χ1n) is 4.51. The van der Waals surface area contributed by atoms with Gasteiger partial charge in [0.15, 0.2) is 0 Å². The topological polar surface area (TPSA) is 59.9 Å². The average molecular weight is 272 g/mol. The minimum Gasteiger partial charge on any atom is -0.394 e. The zero-order chi connectivity index (χ0) is 11.0. The number of H-pyrrole nitrogens is 1. The van der Waals surface area contributed by atoms with Crippen molar-refractivity contribution in [1.82, 2.24) is 14.9 Å². The number of nitrogens with zero attached hydrogens (tertiary/aromatic N) is 2. The lowest BCUT2D eigenvalue weighted by Crippen LogP contribution is -2.19. The van der Waals surface area contributed by atoms with Gasteiger partial charge in [0, 0.05) is 6.20 Å². The number of nitrogens with one attached hydrogen (secondary N) is 1. The van der Waals surface area contributed by atoms with E-state index in [-0.39, 0.29) is 11.7 Å². The van der Waals surface area contributed by atoms with E-state index in [1.165, 1.54) is 4.85 Å². The number of pyridine rings is 1. The maximum absolute atomic E-state index is 11.4. The third kappa shape index (κ3) is 1.90. The van der Waals surface area contributed by atoms with Crippen LogP contribution in [0.5, 0.6) is 0 Å². The van der Waals surface area contributed by atoms with Gasteiger partial charge in [-0.3, -0.25) is 4.79 Å². The highest BCUT2D eigenvalue weighted by Gasteiger charge is 2.09. The van der Waals surface area contributed by atoms with E-state index in [0.29, 0.717) is 10.9 Å². The fourth-order valence-electron chi connectivity index (χ4n) is 1.24. The second-order valence-corrected chi connectivity index (χ2v) is 4.27. The summed E-state index contributed by atoms with van der Waals surface area (Å²) in [6.07, 6.45) is 3.15. The summed E-state index contributed by atoms with van der Waals surface area (Å²) in [4.78, 5) is 20.7. The van der Waals surface area contributed by atoms with Crippen molar-refractivity contribution in [3.63, 3.8) is 0 Å². The minimum absolute atomic E-state index is 0.0113. The molecule has 0 fully saturated rings. The van der Waals surface area contributed by atoms with E-state index in [4.69, 9.17) is 4.84 Å². The summed E-state index contributed by atoms with van der Waals surface area (Å²) in [6, 6.07) is 0. The van der Waals surface area contributed by atoms with Crippen LogP contribution >= 0.6 is 15.9 Å². The van der Waals surface area contributed by atoms with E-state index in [2.05, 4.69) is 26.0 Å². The van der Waals surface area contributed by atoms with Crippen molar-refractivity contribution in [2.24, 2.45) is 0 Å². The van der Waals surface area contributed by atoms with Crippen LogP contribution in [0.4, 0.5) is 0 Å². The molecule has 80 valence electrons. The molecule has 1 N–H and O–H groups in total.